The molecule has 0 radical (unpaired) electrons. The molecule has 2 heteroatoms. The zero-order valence-corrected chi connectivity index (χ0v) is 7.96. The maximum absolute atomic E-state index is 11.1. The van der Waals surface area contributed by atoms with Gasteiger partial charge in [0.1, 0.15) is 6.10 Å². The third-order valence-electron chi connectivity index (χ3n) is 1.98. The predicted octanol–water partition coefficient (Wildman–Crippen LogP) is 2.29. The van der Waals surface area contributed by atoms with E-state index in [1.54, 1.807) is 0 Å². The summed E-state index contributed by atoms with van der Waals surface area (Å²) >= 11 is 0. The first kappa shape index (κ1) is 9.30. The zero-order valence-electron chi connectivity index (χ0n) is 7.96. The summed E-state index contributed by atoms with van der Waals surface area (Å²) in [6.45, 7) is 6.20. The lowest BCUT2D eigenvalue weighted by molar-refractivity contribution is -0.139. The molecule has 0 aromatic carbocycles. The van der Waals surface area contributed by atoms with Gasteiger partial charge in [-0.15, -0.1) is 0 Å². The van der Waals surface area contributed by atoms with Crippen LogP contribution >= 0.6 is 0 Å². The fraction of sp³-hybridized carbons (Fsp3) is 0.700. The van der Waals surface area contributed by atoms with Crippen LogP contribution in [-0.2, 0) is 9.53 Å². The number of carbonyl (C=O) groups is 1. The van der Waals surface area contributed by atoms with Crippen LogP contribution in [0.2, 0.25) is 0 Å². The Hall–Kier alpha value is -0.790. The van der Waals surface area contributed by atoms with Crippen molar-refractivity contribution in [2.45, 2.75) is 39.7 Å². The van der Waals surface area contributed by atoms with E-state index >= 15 is 0 Å². The second-order valence-electron chi connectivity index (χ2n) is 3.73. The van der Waals surface area contributed by atoms with E-state index in [-0.39, 0.29) is 12.1 Å². The van der Waals surface area contributed by atoms with Crippen molar-refractivity contribution in [1.82, 2.24) is 0 Å². The molecule has 0 aromatic rings. The quantitative estimate of drug-likeness (QED) is 0.604. The third-order valence-corrected chi connectivity index (χ3v) is 1.98. The molecule has 0 aliphatic carbocycles. The van der Waals surface area contributed by atoms with Crippen molar-refractivity contribution in [2.75, 3.05) is 0 Å². The van der Waals surface area contributed by atoms with Gasteiger partial charge in [-0.1, -0.05) is 13.8 Å². The van der Waals surface area contributed by atoms with Crippen LogP contribution in [-0.4, -0.2) is 12.1 Å². The molecule has 0 N–H and O–H groups in total. The monoisotopic (exact) mass is 168 g/mol. The summed E-state index contributed by atoms with van der Waals surface area (Å²) < 4.78 is 4.97. The highest BCUT2D eigenvalue weighted by Crippen LogP contribution is 2.19. The normalized spacial score (nSPS) is 22.8. The van der Waals surface area contributed by atoms with Gasteiger partial charge >= 0.3 is 5.97 Å². The Bertz CT molecular complexity index is 204. The molecule has 1 heterocycles. The highest BCUT2D eigenvalue weighted by molar-refractivity contribution is 5.90. The summed E-state index contributed by atoms with van der Waals surface area (Å²) in [6, 6.07) is 0. The minimum absolute atomic E-state index is 0.0142. The molecule has 0 saturated carbocycles. The molecule has 1 unspecified atom stereocenters. The van der Waals surface area contributed by atoms with Gasteiger partial charge in [0.2, 0.25) is 0 Å². The first-order valence-corrected chi connectivity index (χ1v) is 4.51. The van der Waals surface area contributed by atoms with Gasteiger partial charge in [0, 0.05) is 5.57 Å². The van der Waals surface area contributed by atoms with Crippen LogP contribution in [0.1, 0.15) is 33.6 Å². The van der Waals surface area contributed by atoms with E-state index in [4.69, 9.17) is 4.74 Å². The largest absolute Gasteiger partial charge is 0.455 e. The molecule has 1 rings (SSSR count). The zero-order chi connectivity index (χ0) is 9.14. The van der Waals surface area contributed by atoms with E-state index in [1.165, 1.54) is 0 Å². The number of hydrogen-bond donors (Lipinski definition) is 0. The molecule has 0 aromatic heterocycles. The summed E-state index contributed by atoms with van der Waals surface area (Å²) in [7, 11) is 0. The number of carbonyl (C=O) groups excluding carboxylic acids is 1. The SMILES string of the molecule is CC(C)CCC1=CC(C)OC1=O. The van der Waals surface area contributed by atoms with Crippen LogP contribution in [0.25, 0.3) is 0 Å². The third kappa shape index (κ3) is 2.36. The number of esters is 1. The predicted molar refractivity (Wildman–Crippen MR) is 47.7 cm³/mol. The Balaban J connectivity index is 2.41. The fourth-order valence-corrected chi connectivity index (χ4v) is 1.26. The van der Waals surface area contributed by atoms with Crippen molar-refractivity contribution in [3.05, 3.63) is 11.6 Å². The van der Waals surface area contributed by atoms with E-state index in [2.05, 4.69) is 13.8 Å². The Morgan fingerprint density at radius 3 is 2.67 bits per heavy atom. The van der Waals surface area contributed by atoms with Gasteiger partial charge in [0.25, 0.3) is 0 Å². The van der Waals surface area contributed by atoms with Crippen LogP contribution < -0.4 is 0 Å². The van der Waals surface area contributed by atoms with Gasteiger partial charge in [0.15, 0.2) is 0 Å². The standard InChI is InChI=1S/C10H16O2/c1-7(2)4-5-9-6-8(3)12-10(9)11/h6-8H,4-5H2,1-3H3. The van der Waals surface area contributed by atoms with E-state index in [1.807, 2.05) is 13.0 Å². The number of rotatable bonds is 3. The highest BCUT2D eigenvalue weighted by Gasteiger charge is 2.21. The minimum atomic E-state index is -0.122. The molecule has 0 saturated heterocycles. The van der Waals surface area contributed by atoms with Crippen LogP contribution in [0.4, 0.5) is 0 Å². The van der Waals surface area contributed by atoms with Gasteiger partial charge in [-0.3, -0.25) is 0 Å². The molecule has 2 nitrogen and oxygen atoms in total. The molecule has 1 aliphatic heterocycles. The van der Waals surface area contributed by atoms with Crippen molar-refractivity contribution in [3.8, 4) is 0 Å². The second-order valence-corrected chi connectivity index (χ2v) is 3.73. The molecular weight excluding hydrogens is 152 g/mol. The Labute approximate surface area is 73.6 Å². The summed E-state index contributed by atoms with van der Waals surface area (Å²) in [5, 5.41) is 0. The van der Waals surface area contributed by atoms with Crippen molar-refractivity contribution >= 4 is 5.97 Å². The summed E-state index contributed by atoms with van der Waals surface area (Å²) in [5.41, 5.74) is 0.858. The maximum atomic E-state index is 11.1. The first-order chi connectivity index (χ1) is 5.59. The lowest BCUT2D eigenvalue weighted by Gasteiger charge is -2.02. The van der Waals surface area contributed by atoms with Crippen LogP contribution in [0.3, 0.4) is 0 Å². The van der Waals surface area contributed by atoms with Crippen LogP contribution in [0.15, 0.2) is 11.6 Å². The molecule has 0 fully saturated rings. The van der Waals surface area contributed by atoms with E-state index in [0.717, 1.165) is 18.4 Å². The van der Waals surface area contributed by atoms with Crippen molar-refractivity contribution in [2.24, 2.45) is 5.92 Å². The highest BCUT2D eigenvalue weighted by atomic mass is 16.5. The molecule has 1 aliphatic rings. The van der Waals surface area contributed by atoms with Crippen molar-refractivity contribution in [3.63, 3.8) is 0 Å². The van der Waals surface area contributed by atoms with E-state index in [0.29, 0.717) is 5.92 Å². The Kier molecular flexibility index (Phi) is 2.90. The van der Waals surface area contributed by atoms with Crippen molar-refractivity contribution in [1.29, 1.82) is 0 Å². The lowest BCUT2D eigenvalue weighted by Crippen LogP contribution is -2.04. The Morgan fingerprint density at radius 2 is 2.25 bits per heavy atom. The first-order valence-electron chi connectivity index (χ1n) is 4.51. The Morgan fingerprint density at radius 1 is 1.58 bits per heavy atom. The van der Waals surface area contributed by atoms with Gasteiger partial charge in [0.05, 0.1) is 0 Å². The van der Waals surface area contributed by atoms with Gasteiger partial charge < -0.3 is 4.74 Å². The molecule has 12 heavy (non-hydrogen) atoms. The fourth-order valence-electron chi connectivity index (χ4n) is 1.26. The van der Waals surface area contributed by atoms with Crippen LogP contribution in [0.5, 0.6) is 0 Å². The topological polar surface area (TPSA) is 26.3 Å². The van der Waals surface area contributed by atoms with E-state index in [9.17, 15) is 4.79 Å². The van der Waals surface area contributed by atoms with Gasteiger partial charge in [-0.25, -0.2) is 4.79 Å². The number of hydrogen-bond acceptors (Lipinski definition) is 2. The average molecular weight is 168 g/mol. The van der Waals surface area contributed by atoms with Gasteiger partial charge in [-0.2, -0.15) is 0 Å². The minimum Gasteiger partial charge on any atom is -0.455 e. The molecule has 0 bridgehead atoms. The average Bonchev–Trinajstić information content (AvgIpc) is 2.26. The lowest BCUT2D eigenvalue weighted by atomic mass is 10.0. The maximum Gasteiger partial charge on any atom is 0.334 e. The molecular formula is C10H16O2. The molecule has 0 spiro atoms. The summed E-state index contributed by atoms with van der Waals surface area (Å²) in [5.74, 6) is 0.526. The number of ether oxygens (including phenoxy) is 1. The number of cyclic esters (lactones) is 1. The second kappa shape index (κ2) is 3.74. The molecule has 0 amide bonds. The smallest absolute Gasteiger partial charge is 0.334 e. The van der Waals surface area contributed by atoms with E-state index < -0.39 is 0 Å². The summed E-state index contributed by atoms with van der Waals surface area (Å²) in [4.78, 5) is 11.1. The molecule has 68 valence electrons. The van der Waals surface area contributed by atoms with Crippen LogP contribution in [0, 0.1) is 5.92 Å². The summed E-state index contributed by atoms with van der Waals surface area (Å²) in [6.07, 6.45) is 3.83. The van der Waals surface area contributed by atoms with Gasteiger partial charge in [-0.05, 0) is 31.8 Å². The molecule has 1 atom stereocenters. The van der Waals surface area contributed by atoms with Crippen molar-refractivity contribution < 1.29 is 9.53 Å².